The van der Waals surface area contributed by atoms with Crippen molar-refractivity contribution in [2.24, 2.45) is 0 Å². The van der Waals surface area contributed by atoms with Gasteiger partial charge < -0.3 is 9.90 Å². The number of sulfonamides is 1. The van der Waals surface area contributed by atoms with Crippen LogP contribution in [0.5, 0.6) is 0 Å². The predicted molar refractivity (Wildman–Crippen MR) is 65.5 cm³/mol. The molecule has 1 atom stereocenters. The van der Waals surface area contributed by atoms with E-state index in [1.54, 1.807) is 4.72 Å². The summed E-state index contributed by atoms with van der Waals surface area (Å²) < 4.78 is 25.7. The minimum atomic E-state index is -4.38. The molecule has 0 spiro atoms. The van der Waals surface area contributed by atoms with Crippen molar-refractivity contribution < 1.29 is 28.0 Å². The Hall–Kier alpha value is -2.33. The van der Waals surface area contributed by atoms with Gasteiger partial charge in [0, 0.05) is 6.07 Å². The van der Waals surface area contributed by atoms with Crippen molar-refractivity contribution in [2.75, 3.05) is 0 Å². The average Bonchev–Trinajstić information content (AvgIpc) is 2.37. The lowest BCUT2D eigenvalue weighted by molar-refractivity contribution is -0.387. The van der Waals surface area contributed by atoms with Gasteiger partial charge >= 0.3 is 5.97 Å². The van der Waals surface area contributed by atoms with Crippen molar-refractivity contribution in [3.8, 4) is 0 Å². The summed E-state index contributed by atoms with van der Waals surface area (Å²) in [6.45, 7) is 0. The molecule has 1 rings (SSSR count). The van der Waals surface area contributed by atoms with E-state index in [1.807, 2.05) is 0 Å². The quantitative estimate of drug-likeness (QED) is 0.407. The van der Waals surface area contributed by atoms with Crippen molar-refractivity contribution in [3.05, 3.63) is 34.4 Å². The maximum Gasteiger partial charge on any atom is 0.305 e. The number of nitrogens with one attached hydrogen (secondary N) is 1. The number of carbonyl (C=O) groups excluding carboxylic acids is 1. The Labute approximate surface area is 113 Å². The summed E-state index contributed by atoms with van der Waals surface area (Å²) in [5.41, 5.74) is -0.667. The lowest BCUT2D eigenvalue weighted by Crippen LogP contribution is -2.37. The molecule has 0 aromatic heterocycles. The average molecular weight is 302 g/mol. The summed E-state index contributed by atoms with van der Waals surface area (Å²) in [5.74, 6) is -1.38. The SMILES string of the molecule is O=CC(CC(=O)O)NS(=O)(=O)c1ccccc1[N+](=O)[O-]. The predicted octanol–water partition coefficient (Wildman–Crippen LogP) is -0.0847. The zero-order chi connectivity index (χ0) is 15.3. The van der Waals surface area contributed by atoms with E-state index in [0.717, 1.165) is 12.1 Å². The molecule has 10 heteroatoms. The largest absolute Gasteiger partial charge is 0.481 e. The fourth-order valence-corrected chi connectivity index (χ4v) is 2.74. The second-order valence-electron chi connectivity index (χ2n) is 3.69. The van der Waals surface area contributed by atoms with Crippen LogP contribution in [0.25, 0.3) is 0 Å². The number of para-hydroxylation sites is 1. The number of hydrogen-bond acceptors (Lipinski definition) is 6. The van der Waals surface area contributed by atoms with E-state index in [0.29, 0.717) is 0 Å². The third-order valence-electron chi connectivity index (χ3n) is 2.22. The second-order valence-corrected chi connectivity index (χ2v) is 5.37. The van der Waals surface area contributed by atoms with Crippen LogP contribution in [-0.4, -0.2) is 36.7 Å². The standard InChI is InChI=1S/C10H10N2O7S/c13-6-7(5-10(14)15)11-20(18,19)9-4-2-1-3-8(9)12(16)17/h1-4,6-7,11H,5H2,(H,14,15). The molecule has 0 radical (unpaired) electrons. The van der Waals surface area contributed by atoms with Crippen LogP contribution < -0.4 is 4.72 Å². The van der Waals surface area contributed by atoms with E-state index in [1.165, 1.54) is 12.1 Å². The Morgan fingerprint density at radius 2 is 2.05 bits per heavy atom. The first-order valence-corrected chi connectivity index (χ1v) is 6.69. The van der Waals surface area contributed by atoms with Crippen LogP contribution in [0.2, 0.25) is 0 Å². The number of carboxylic acid groups (broad SMARTS) is 1. The summed E-state index contributed by atoms with van der Waals surface area (Å²) in [6.07, 6.45) is -0.649. The highest BCUT2D eigenvalue weighted by Crippen LogP contribution is 2.22. The van der Waals surface area contributed by atoms with Gasteiger partial charge in [0.2, 0.25) is 10.0 Å². The van der Waals surface area contributed by atoms with Crippen LogP contribution in [-0.2, 0) is 19.6 Å². The number of carboxylic acids is 1. The molecular weight excluding hydrogens is 292 g/mol. The highest BCUT2D eigenvalue weighted by Gasteiger charge is 2.28. The minimum absolute atomic E-state index is 0.112. The molecule has 0 saturated carbocycles. The number of aldehydes is 1. The number of nitro groups is 1. The summed E-state index contributed by atoms with van der Waals surface area (Å²) in [7, 11) is -4.38. The van der Waals surface area contributed by atoms with Gasteiger partial charge in [-0.25, -0.2) is 13.1 Å². The third kappa shape index (κ3) is 3.83. The number of hydrogen-bond donors (Lipinski definition) is 2. The van der Waals surface area contributed by atoms with Crippen molar-refractivity contribution in [3.63, 3.8) is 0 Å². The Bertz CT molecular complexity index is 641. The lowest BCUT2D eigenvalue weighted by Gasteiger charge is -2.11. The van der Waals surface area contributed by atoms with Crippen LogP contribution in [0.4, 0.5) is 5.69 Å². The van der Waals surface area contributed by atoms with E-state index in [4.69, 9.17) is 5.11 Å². The second kappa shape index (κ2) is 6.21. The highest BCUT2D eigenvalue weighted by molar-refractivity contribution is 7.89. The minimum Gasteiger partial charge on any atom is -0.481 e. The molecule has 0 aliphatic carbocycles. The number of nitrogens with zero attached hydrogens (tertiary/aromatic N) is 1. The molecule has 9 nitrogen and oxygen atoms in total. The Kier molecular flexibility index (Phi) is 4.88. The van der Waals surface area contributed by atoms with Gasteiger partial charge in [-0.05, 0) is 6.07 Å². The fraction of sp³-hybridized carbons (Fsp3) is 0.200. The molecule has 0 aliphatic rings. The number of nitro benzene ring substituents is 1. The van der Waals surface area contributed by atoms with Crippen LogP contribution in [0.3, 0.4) is 0 Å². The fourth-order valence-electron chi connectivity index (χ4n) is 1.40. The summed E-state index contributed by atoms with van der Waals surface area (Å²) in [4.78, 5) is 30.3. The maximum atomic E-state index is 11.9. The van der Waals surface area contributed by atoms with Gasteiger partial charge in [-0.2, -0.15) is 0 Å². The molecule has 0 aliphatic heterocycles. The van der Waals surface area contributed by atoms with Crippen LogP contribution in [0, 0.1) is 10.1 Å². The van der Waals surface area contributed by atoms with Crippen LogP contribution in [0.1, 0.15) is 6.42 Å². The van der Waals surface area contributed by atoms with Crippen molar-refractivity contribution in [2.45, 2.75) is 17.4 Å². The molecule has 108 valence electrons. The van der Waals surface area contributed by atoms with E-state index in [2.05, 4.69) is 0 Å². The third-order valence-corrected chi connectivity index (χ3v) is 3.75. The lowest BCUT2D eigenvalue weighted by atomic mass is 10.2. The Morgan fingerprint density at radius 1 is 1.45 bits per heavy atom. The number of benzene rings is 1. The van der Waals surface area contributed by atoms with Crippen molar-refractivity contribution in [1.29, 1.82) is 0 Å². The normalized spacial score (nSPS) is 12.6. The molecule has 20 heavy (non-hydrogen) atoms. The molecule has 1 unspecified atom stereocenters. The Balaban J connectivity index is 3.14. The number of carbonyl (C=O) groups is 2. The molecule has 0 bridgehead atoms. The summed E-state index contributed by atoms with van der Waals surface area (Å²) in [5, 5.41) is 19.3. The van der Waals surface area contributed by atoms with Gasteiger partial charge in [0.05, 0.1) is 17.4 Å². The molecule has 1 aromatic rings. The van der Waals surface area contributed by atoms with Gasteiger partial charge in [-0.1, -0.05) is 12.1 Å². The van der Waals surface area contributed by atoms with E-state index >= 15 is 0 Å². The Morgan fingerprint density at radius 3 is 2.55 bits per heavy atom. The van der Waals surface area contributed by atoms with E-state index in [-0.39, 0.29) is 6.29 Å². The van der Waals surface area contributed by atoms with Crippen molar-refractivity contribution in [1.82, 2.24) is 4.72 Å². The molecule has 0 heterocycles. The topological polar surface area (TPSA) is 144 Å². The van der Waals surface area contributed by atoms with Gasteiger partial charge in [0.1, 0.15) is 6.29 Å². The maximum absolute atomic E-state index is 11.9. The van der Waals surface area contributed by atoms with Gasteiger partial charge in [0.25, 0.3) is 5.69 Å². The molecule has 0 fully saturated rings. The van der Waals surface area contributed by atoms with Crippen LogP contribution >= 0.6 is 0 Å². The zero-order valence-corrected chi connectivity index (χ0v) is 10.7. The molecular formula is C10H10N2O7S. The summed E-state index contributed by atoms with van der Waals surface area (Å²) in [6, 6.07) is 3.03. The van der Waals surface area contributed by atoms with Gasteiger partial charge in [-0.3, -0.25) is 14.9 Å². The van der Waals surface area contributed by atoms with Crippen LogP contribution in [0.15, 0.2) is 29.2 Å². The van der Waals surface area contributed by atoms with E-state index < -0.39 is 44.0 Å². The molecule has 0 saturated heterocycles. The zero-order valence-electron chi connectivity index (χ0n) is 9.92. The first-order valence-electron chi connectivity index (χ1n) is 5.20. The van der Waals surface area contributed by atoms with E-state index in [9.17, 15) is 28.1 Å². The van der Waals surface area contributed by atoms with Crippen molar-refractivity contribution >= 4 is 28.0 Å². The molecule has 1 aromatic carbocycles. The number of aliphatic carboxylic acids is 1. The number of rotatable bonds is 7. The molecule has 0 amide bonds. The summed E-state index contributed by atoms with van der Waals surface area (Å²) >= 11 is 0. The van der Waals surface area contributed by atoms with Gasteiger partial charge in [-0.15, -0.1) is 0 Å². The molecule has 2 N–H and O–H groups in total. The van der Waals surface area contributed by atoms with Gasteiger partial charge in [0.15, 0.2) is 4.90 Å². The smallest absolute Gasteiger partial charge is 0.305 e. The first kappa shape index (κ1) is 15.7. The first-order chi connectivity index (χ1) is 9.27. The highest BCUT2D eigenvalue weighted by atomic mass is 32.2. The monoisotopic (exact) mass is 302 g/mol.